The molecular formula is C21H22N4O5. The number of fused-ring (bicyclic) bond motifs is 4. The first kappa shape index (κ1) is 20.8. The normalized spacial score (nSPS) is 19.3. The van der Waals surface area contributed by atoms with Gasteiger partial charge in [-0.3, -0.25) is 15.1 Å². The Morgan fingerprint density at radius 1 is 1.20 bits per heavy atom. The molecule has 1 aliphatic heterocycles. The van der Waals surface area contributed by atoms with E-state index in [1.807, 2.05) is 6.92 Å². The van der Waals surface area contributed by atoms with E-state index in [1.54, 1.807) is 48.7 Å². The second-order valence-electron chi connectivity index (χ2n) is 6.83. The summed E-state index contributed by atoms with van der Waals surface area (Å²) in [5, 5.41) is 25.8. The third kappa shape index (κ3) is 4.93. The summed E-state index contributed by atoms with van der Waals surface area (Å²) in [6.45, 7) is 1.88. The van der Waals surface area contributed by atoms with E-state index in [4.69, 9.17) is 5.11 Å². The molecule has 3 amide bonds. The number of carboxylic acid groups (broad SMARTS) is 2. The lowest BCUT2D eigenvalue weighted by Gasteiger charge is -2.20. The topological polar surface area (TPSA) is 141 Å². The van der Waals surface area contributed by atoms with Crippen molar-refractivity contribution in [1.82, 2.24) is 10.3 Å². The molecule has 0 spiro atoms. The molecule has 3 rings (SSSR count). The number of hydrogen-bond donors (Lipinski definition) is 5. The van der Waals surface area contributed by atoms with E-state index in [1.165, 1.54) is 0 Å². The minimum absolute atomic E-state index is 0.236. The van der Waals surface area contributed by atoms with Gasteiger partial charge in [-0.1, -0.05) is 25.1 Å². The van der Waals surface area contributed by atoms with Crippen LogP contribution in [0.4, 0.5) is 21.0 Å². The van der Waals surface area contributed by atoms with Crippen LogP contribution in [0.5, 0.6) is 0 Å². The van der Waals surface area contributed by atoms with Crippen molar-refractivity contribution in [3.63, 3.8) is 0 Å². The van der Waals surface area contributed by atoms with Crippen LogP contribution in [-0.2, 0) is 4.79 Å². The minimum atomic E-state index is -1.21. The fraction of sp³-hybridized carbons (Fsp3) is 0.238. The maximum Gasteiger partial charge on any atom is 0.409 e. The molecule has 0 radical (unpaired) electrons. The molecule has 1 aromatic carbocycles. The number of amides is 3. The first-order valence-corrected chi connectivity index (χ1v) is 9.44. The number of hydrogen-bond acceptors (Lipinski definition) is 4. The second kappa shape index (κ2) is 9.08. The van der Waals surface area contributed by atoms with Gasteiger partial charge in [-0.2, -0.15) is 0 Å². The highest BCUT2D eigenvalue weighted by Gasteiger charge is 2.20. The Kier molecular flexibility index (Phi) is 6.31. The monoisotopic (exact) mass is 410 g/mol. The number of benzene rings is 1. The van der Waals surface area contributed by atoms with Gasteiger partial charge in [0.15, 0.2) is 0 Å². The first-order chi connectivity index (χ1) is 14.4. The Balaban J connectivity index is 2.14. The Labute approximate surface area is 172 Å². The zero-order valence-corrected chi connectivity index (χ0v) is 16.3. The number of aromatic nitrogens is 1. The lowest BCUT2D eigenvalue weighted by Crippen LogP contribution is -2.27. The Morgan fingerprint density at radius 3 is 2.70 bits per heavy atom. The smallest absolute Gasteiger partial charge is 0.409 e. The van der Waals surface area contributed by atoms with Crippen LogP contribution in [0, 0.1) is 5.92 Å². The van der Waals surface area contributed by atoms with Crippen LogP contribution in [0.2, 0.25) is 0 Å². The van der Waals surface area contributed by atoms with E-state index < -0.39 is 24.1 Å². The zero-order valence-electron chi connectivity index (χ0n) is 16.3. The number of anilines is 2. The Hall–Kier alpha value is -3.88. The van der Waals surface area contributed by atoms with Crippen molar-refractivity contribution in [3.05, 3.63) is 54.4 Å². The highest BCUT2D eigenvalue weighted by Crippen LogP contribution is 2.33. The van der Waals surface area contributed by atoms with Crippen molar-refractivity contribution in [2.24, 2.45) is 5.92 Å². The van der Waals surface area contributed by atoms with Crippen molar-refractivity contribution in [2.75, 3.05) is 10.6 Å². The molecule has 0 fully saturated rings. The van der Waals surface area contributed by atoms with Crippen molar-refractivity contribution >= 4 is 29.5 Å². The van der Waals surface area contributed by atoms with E-state index >= 15 is 0 Å². The third-order valence-electron chi connectivity index (χ3n) is 4.79. The fourth-order valence-electron chi connectivity index (χ4n) is 3.32. The number of rotatable bonds is 3. The van der Waals surface area contributed by atoms with Gasteiger partial charge in [0.25, 0.3) is 0 Å². The molecule has 2 heterocycles. The molecule has 0 saturated heterocycles. The van der Waals surface area contributed by atoms with Gasteiger partial charge in [0.05, 0.1) is 23.3 Å². The summed E-state index contributed by atoms with van der Waals surface area (Å²) in [5.41, 5.74) is 2.68. The van der Waals surface area contributed by atoms with Crippen LogP contribution in [0.1, 0.15) is 31.5 Å². The Bertz CT molecular complexity index is 1000. The highest BCUT2D eigenvalue weighted by atomic mass is 16.4. The van der Waals surface area contributed by atoms with Gasteiger partial charge < -0.3 is 20.8 Å². The molecule has 1 aliphatic rings. The van der Waals surface area contributed by atoms with Crippen LogP contribution in [0.3, 0.4) is 0 Å². The van der Waals surface area contributed by atoms with Crippen LogP contribution in [0.25, 0.3) is 11.1 Å². The van der Waals surface area contributed by atoms with Gasteiger partial charge >= 0.3 is 12.2 Å². The maximum atomic E-state index is 12.8. The summed E-state index contributed by atoms with van der Waals surface area (Å²) < 4.78 is 0. The number of carbonyl (C=O) groups excluding carboxylic acids is 1. The number of nitrogens with zero attached hydrogens (tertiary/aromatic N) is 1. The molecular weight excluding hydrogens is 388 g/mol. The van der Waals surface area contributed by atoms with E-state index in [9.17, 15) is 19.5 Å². The first-order valence-electron chi connectivity index (χ1n) is 9.44. The van der Waals surface area contributed by atoms with Crippen LogP contribution in [-0.4, -0.2) is 33.3 Å². The average molecular weight is 410 g/mol. The van der Waals surface area contributed by atoms with Crippen LogP contribution >= 0.6 is 0 Å². The van der Waals surface area contributed by atoms with E-state index in [2.05, 4.69) is 20.9 Å². The molecule has 1 unspecified atom stereocenters. The number of pyridine rings is 1. The van der Waals surface area contributed by atoms with E-state index in [0.29, 0.717) is 41.0 Å². The molecule has 156 valence electrons. The maximum absolute atomic E-state index is 12.8. The summed E-state index contributed by atoms with van der Waals surface area (Å²) in [7, 11) is 0. The molecule has 30 heavy (non-hydrogen) atoms. The van der Waals surface area contributed by atoms with Crippen molar-refractivity contribution in [1.29, 1.82) is 0 Å². The lowest BCUT2D eigenvalue weighted by molar-refractivity contribution is -0.118. The molecule has 9 nitrogen and oxygen atoms in total. The average Bonchev–Trinajstić information content (AvgIpc) is 2.69. The molecule has 2 atom stereocenters. The lowest BCUT2D eigenvalue weighted by atomic mass is 9.97. The minimum Gasteiger partial charge on any atom is -0.465 e. The Morgan fingerprint density at radius 2 is 2.00 bits per heavy atom. The van der Waals surface area contributed by atoms with Crippen molar-refractivity contribution < 1.29 is 24.6 Å². The second-order valence-corrected chi connectivity index (χ2v) is 6.83. The summed E-state index contributed by atoms with van der Waals surface area (Å²) >= 11 is 0. The quantitative estimate of drug-likeness (QED) is 0.483. The van der Waals surface area contributed by atoms with Gasteiger partial charge in [0.1, 0.15) is 0 Å². The van der Waals surface area contributed by atoms with Gasteiger partial charge in [-0.05, 0) is 42.7 Å². The number of carbonyl (C=O) groups is 3. The number of nitrogens with one attached hydrogen (secondary N) is 3. The molecule has 2 bridgehead atoms. The standard InChI is InChI=1S/C21H22N4O5/c1-2-12-4-3-5-16(25-21(29)30)18-10-13(8-9-22-18)15-7-6-14(23-20(27)28)11-17(15)24-19(12)26/h3-4,6-12,16,23,25H,2,5H2,1H3,(H,24,26)(H,27,28)(H,29,30)/b4-3+/t12?,16-/m0/s1. The zero-order chi connectivity index (χ0) is 21.7. The van der Waals surface area contributed by atoms with Crippen molar-refractivity contribution in [3.8, 4) is 11.1 Å². The summed E-state index contributed by atoms with van der Waals surface area (Å²) in [5.74, 6) is -0.662. The molecule has 5 N–H and O–H groups in total. The summed E-state index contributed by atoms with van der Waals surface area (Å²) in [6, 6.07) is 7.77. The third-order valence-corrected chi connectivity index (χ3v) is 4.79. The largest absolute Gasteiger partial charge is 0.465 e. The summed E-state index contributed by atoms with van der Waals surface area (Å²) in [4.78, 5) is 39.4. The van der Waals surface area contributed by atoms with Gasteiger partial charge in [-0.15, -0.1) is 0 Å². The van der Waals surface area contributed by atoms with Gasteiger partial charge in [0.2, 0.25) is 5.91 Å². The molecule has 9 heteroatoms. The highest BCUT2D eigenvalue weighted by molar-refractivity contribution is 5.99. The molecule has 0 saturated carbocycles. The predicted octanol–water partition coefficient (Wildman–Crippen LogP) is 4.07. The van der Waals surface area contributed by atoms with E-state index in [-0.39, 0.29) is 5.91 Å². The van der Waals surface area contributed by atoms with Gasteiger partial charge in [-0.25, -0.2) is 9.59 Å². The van der Waals surface area contributed by atoms with Gasteiger partial charge in [0, 0.05) is 17.4 Å². The van der Waals surface area contributed by atoms with E-state index in [0.717, 1.165) is 0 Å². The fourth-order valence-corrected chi connectivity index (χ4v) is 3.32. The van der Waals surface area contributed by atoms with Crippen LogP contribution < -0.4 is 16.0 Å². The molecule has 2 aromatic rings. The summed E-state index contributed by atoms with van der Waals surface area (Å²) in [6.07, 6.45) is 3.61. The SMILES string of the molecule is CCC1/C=C/C[C@H](NC(=O)O)c2cc(ccn2)-c2ccc(NC(=O)O)cc2NC1=O. The van der Waals surface area contributed by atoms with Crippen molar-refractivity contribution in [2.45, 2.75) is 25.8 Å². The molecule has 1 aromatic heterocycles. The predicted molar refractivity (Wildman–Crippen MR) is 111 cm³/mol. The molecule has 0 aliphatic carbocycles. The van der Waals surface area contributed by atoms with Crippen LogP contribution in [0.15, 0.2) is 48.7 Å².